The van der Waals surface area contributed by atoms with E-state index in [-0.39, 0.29) is 0 Å². The van der Waals surface area contributed by atoms with E-state index in [2.05, 4.69) is 78.7 Å². The Morgan fingerprint density at radius 3 is 2.33 bits per heavy atom. The number of benzene rings is 3. The Morgan fingerprint density at radius 2 is 1.44 bits per heavy atom. The third-order valence-corrected chi connectivity index (χ3v) is 7.30. The highest BCUT2D eigenvalue weighted by Gasteiger charge is 2.21. The lowest BCUT2D eigenvalue weighted by Gasteiger charge is -2.29. The van der Waals surface area contributed by atoms with Gasteiger partial charge in [0, 0.05) is 28.2 Å². The molecule has 1 aliphatic carbocycles. The largest absolute Gasteiger partial charge is 0.343 e. The summed E-state index contributed by atoms with van der Waals surface area (Å²) < 4.78 is 2.76. The quantitative estimate of drug-likeness (QED) is 0.354. The third-order valence-electron chi connectivity index (χ3n) is 6.09. The Hall–Kier alpha value is -2.32. The van der Waals surface area contributed by atoms with Gasteiger partial charge in [-0.1, -0.05) is 67.8 Å². The number of fused-ring (bicyclic) bond motifs is 3. The number of rotatable bonds is 3. The van der Waals surface area contributed by atoms with Crippen LogP contribution in [0.5, 0.6) is 0 Å². The normalized spacial score (nSPS) is 15.4. The molecule has 0 atom stereocenters. The molecule has 2 heteroatoms. The fourth-order valence-electron chi connectivity index (χ4n) is 4.68. The van der Waals surface area contributed by atoms with Crippen LogP contribution in [0.1, 0.15) is 43.6 Å². The second-order valence-corrected chi connectivity index (χ2v) is 8.76. The van der Waals surface area contributed by atoms with Gasteiger partial charge in [0.2, 0.25) is 0 Å². The minimum atomic E-state index is 0.707. The number of thiophene rings is 1. The maximum absolute atomic E-state index is 2.42. The average Bonchev–Trinajstić information content (AvgIpc) is 3.13. The predicted octanol–water partition coefficient (Wildman–Crippen LogP) is 7.87. The summed E-state index contributed by atoms with van der Waals surface area (Å²) in [7, 11) is 2.24. The highest BCUT2D eigenvalue weighted by molar-refractivity contribution is 7.26. The highest BCUT2D eigenvalue weighted by atomic mass is 32.1. The maximum atomic E-state index is 2.42. The van der Waals surface area contributed by atoms with Gasteiger partial charge in [-0.25, -0.2) is 0 Å². The Morgan fingerprint density at radius 1 is 0.741 bits per heavy atom. The van der Waals surface area contributed by atoms with Gasteiger partial charge in [0.25, 0.3) is 0 Å². The van der Waals surface area contributed by atoms with Crippen LogP contribution < -0.4 is 4.90 Å². The van der Waals surface area contributed by atoms with Crippen LogP contribution in [0.3, 0.4) is 0 Å². The molecule has 0 radical (unpaired) electrons. The van der Waals surface area contributed by atoms with E-state index in [1.54, 1.807) is 0 Å². The van der Waals surface area contributed by atoms with E-state index >= 15 is 0 Å². The van der Waals surface area contributed by atoms with E-state index < -0.39 is 0 Å². The van der Waals surface area contributed by atoms with E-state index in [1.165, 1.54) is 69.2 Å². The Balaban J connectivity index is 1.63. The minimum Gasteiger partial charge on any atom is -0.343 e. The Bertz CT molecular complexity index is 1090. The van der Waals surface area contributed by atoms with E-state index in [9.17, 15) is 0 Å². The van der Waals surface area contributed by atoms with Crippen molar-refractivity contribution in [2.75, 3.05) is 11.9 Å². The molecular formula is C25H25NS. The smallest absolute Gasteiger partial charge is 0.0592 e. The summed E-state index contributed by atoms with van der Waals surface area (Å²) in [4.78, 5) is 2.42. The van der Waals surface area contributed by atoms with Crippen molar-refractivity contribution in [1.29, 1.82) is 0 Å². The first-order valence-corrected chi connectivity index (χ1v) is 10.9. The zero-order chi connectivity index (χ0) is 18.2. The molecule has 4 aromatic rings. The number of anilines is 2. The molecule has 0 spiro atoms. The summed E-state index contributed by atoms with van der Waals surface area (Å²) in [6.07, 6.45) is 6.80. The third kappa shape index (κ3) is 2.93. The fraction of sp³-hybridized carbons (Fsp3) is 0.280. The van der Waals surface area contributed by atoms with Gasteiger partial charge in [0.1, 0.15) is 0 Å². The minimum absolute atomic E-state index is 0.707. The first-order valence-electron chi connectivity index (χ1n) is 10.1. The summed E-state index contributed by atoms with van der Waals surface area (Å²) >= 11 is 1.91. The first-order chi connectivity index (χ1) is 13.3. The van der Waals surface area contributed by atoms with Gasteiger partial charge in [-0.05, 0) is 42.5 Å². The van der Waals surface area contributed by atoms with Crippen LogP contribution in [0.15, 0.2) is 66.7 Å². The molecule has 1 aliphatic rings. The molecule has 0 unspecified atom stereocenters. The summed E-state index contributed by atoms with van der Waals surface area (Å²) in [5, 5.41) is 2.74. The highest BCUT2D eigenvalue weighted by Crippen LogP contribution is 2.43. The molecule has 0 amide bonds. The monoisotopic (exact) mass is 371 g/mol. The van der Waals surface area contributed by atoms with Crippen molar-refractivity contribution in [3.8, 4) is 0 Å². The summed E-state index contributed by atoms with van der Waals surface area (Å²) in [5.41, 5.74) is 4.21. The van der Waals surface area contributed by atoms with Crippen LogP contribution in [0.4, 0.5) is 11.4 Å². The molecule has 5 rings (SSSR count). The lowest BCUT2D eigenvalue weighted by molar-refractivity contribution is 0.444. The molecule has 1 heterocycles. The molecule has 0 N–H and O–H groups in total. The van der Waals surface area contributed by atoms with Crippen LogP contribution in [0.2, 0.25) is 0 Å². The van der Waals surface area contributed by atoms with E-state index in [1.807, 2.05) is 11.3 Å². The van der Waals surface area contributed by atoms with Crippen LogP contribution in [-0.4, -0.2) is 7.05 Å². The van der Waals surface area contributed by atoms with Crippen molar-refractivity contribution in [3.05, 3.63) is 72.3 Å². The molecule has 1 aromatic heterocycles. The van der Waals surface area contributed by atoms with Crippen molar-refractivity contribution >= 4 is 42.9 Å². The summed E-state index contributed by atoms with van der Waals surface area (Å²) in [6.45, 7) is 0. The predicted molar refractivity (Wildman–Crippen MR) is 120 cm³/mol. The van der Waals surface area contributed by atoms with Gasteiger partial charge in [-0.3, -0.25) is 0 Å². The lowest BCUT2D eigenvalue weighted by atomic mass is 9.83. The van der Waals surface area contributed by atoms with Crippen molar-refractivity contribution in [2.45, 2.75) is 38.0 Å². The van der Waals surface area contributed by atoms with Gasteiger partial charge in [0.15, 0.2) is 0 Å². The van der Waals surface area contributed by atoms with Gasteiger partial charge in [-0.15, -0.1) is 11.3 Å². The van der Waals surface area contributed by atoms with Crippen LogP contribution in [0, 0.1) is 0 Å². The zero-order valence-electron chi connectivity index (χ0n) is 15.8. The molecule has 3 aromatic carbocycles. The van der Waals surface area contributed by atoms with E-state index in [0.717, 1.165) is 0 Å². The SMILES string of the molecule is CN(c1ccccc1C1CCCCC1)c1cccc2c1sc1ccccc12. The molecule has 1 saturated carbocycles. The molecule has 0 aliphatic heterocycles. The summed E-state index contributed by atoms with van der Waals surface area (Å²) in [6, 6.07) is 24.5. The average molecular weight is 372 g/mol. The summed E-state index contributed by atoms with van der Waals surface area (Å²) in [5.74, 6) is 0.707. The number of hydrogen-bond donors (Lipinski definition) is 0. The zero-order valence-corrected chi connectivity index (χ0v) is 16.6. The van der Waals surface area contributed by atoms with Gasteiger partial charge in [0.05, 0.1) is 10.4 Å². The Labute approximate surface area is 165 Å². The van der Waals surface area contributed by atoms with Crippen molar-refractivity contribution in [2.24, 2.45) is 0 Å². The first kappa shape index (κ1) is 16.8. The van der Waals surface area contributed by atoms with Crippen LogP contribution in [-0.2, 0) is 0 Å². The standard InChI is InChI=1S/C25H25NS/c1-26(22-15-7-5-12-19(22)18-10-3-2-4-11-18)23-16-9-14-21-20-13-6-8-17-24(20)27-25(21)23/h5-9,12-18H,2-4,10-11H2,1H3. The second-order valence-electron chi connectivity index (χ2n) is 7.70. The molecule has 0 saturated heterocycles. The molecule has 27 heavy (non-hydrogen) atoms. The second kappa shape index (κ2) is 7.01. The fourth-order valence-corrected chi connectivity index (χ4v) is 5.93. The number of nitrogens with zero attached hydrogens (tertiary/aromatic N) is 1. The van der Waals surface area contributed by atoms with E-state index in [0.29, 0.717) is 5.92 Å². The van der Waals surface area contributed by atoms with Crippen LogP contribution >= 0.6 is 11.3 Å². The molecule has 0 bridgehead atoms. The van der Waals surface area contributed by atoms with E-state index in [4.69, 9.17) is 0 Å². The van der Waals surface area contributed by atoms with Crippen molar-refractivity contribution in [1.82, 2.24) is 0 Å². The van der Waals surface area contributed by atoms with Gasteiger partial charge >= 0.3 is 0 Å². The van der Waals surface area contributed by atoms with Crippen LogP contribution in [0.25, 0.3) is 20.2 Å². The molecule has 1 fully saturated rings. The number of hydrogen-bond acceptors (Lipinski definition) is 2. The topological polar surface area (TPSA) is 3.24 Å². The molecule has 1 nitrogen and oxygen atoms in total. The molecule has 136 valence electrons. The van der Waals surface area contributed by atoms with Crippen molar-refractivity contribution < 1.29 is 0 Å². The van der Waals surface area contributed by atoms with Crippen molar-refractivity contribution in [3.63, 3.8) is 0 Å². The number of para-hydroxylation sites is 1. The molecular weight excluding hydrogens is 346 g/mol. The lowest BCUT2D eigenvalue weighted by Crippen LogP contribution is -2.14. The Kier molecular flexibility index (Phi) is 4.37. The van der Waals surface area contributed by atoms with Gasteiger partial charge < -0.3 is 4.90 Å². The van der Waals surface area contributed by atoms with Gasteiger partial charge in [-0.2, -0.15) is 0 Å². The maximum Gasteiger partial charge on any atom is 0.0592 e.